The molecule has 3 aromatic rings. The van der Waals surface area contributed by atoms with Crippen molar-refractivity contribution in [1.29, 1.82) is 0 Å². The van der Waals surface area contributed by atoms with E-state index in [9.17, 15) is 4.39 Å². The van der Waals surface area contributed by atoms with Gasteiger partial charge in [-0.2, -0.15) is 0 Å². The summed E-state index contributed by atoms with van der Waals surface area (Å²) >= 11 is 0. The van der Waals surface area contributed by atoms with Crippen molar-refractivity contribution in [2.45, 2.75) is 19.0 Å². The summed E-state index contributed by atoms with van der Waals surface area (Å²) in [4.78, 5) is 7.03. The molecule has 2 heterocycles. The summed E-state index contributed by atoms with van der Waals surface area (Å²) in [6, 6.07) is 15.0. The molecule has 6 heteroatoms. The van der Waals surface area contributed by atoms with Crippen LogP contribution in [-0.4, -0.2) is 51.8 Å². The van der Waals surface area contributed by atoms with E-state index in [1.54, 1.807) is 0 Å². The molecule has 5 nitrogen and oxygen atoms in total. The second-order valence-corrected chi connectivity index (χ2v) is 6.79. The van der Waals surface area contributed by atoms with Gasteiger partial charge in [0.25, 0.3) is 0 Å². The van der Waals surface area contributed by atoms with Gasteiger partial charge in [0, 0.05) is 25.7 Å². The van der Waals surface area contributed by atoms with Crippen molar-refractivity contribution in [1.82, 2.24) is 14.5 Å². The van der Waals surface area contributed by atoms with Gasteiger partial charge in [-0.15, -0.1) is 0 Å². The molecule has 1 atom stereocenters. The zero-order valence-electron chi connectivity index (χ0n) is 14.6. The summed E-state index contributed by atoms with van der Waals surface area (Å²) in [5, 5.41) is 12.7. The van der Waals surface area contributed by atoms with Gasteiger partial charge >= 0.3 is 0 Å². The minimum Gasteiger partial charge on any atom is -0.395 e. The Bertz CT molecular complexity index is 877. The smallest absolute Gasteiger partial charge is 0.204 e. The Morgan fingerprint density at radius 3 is 2.77 bits per heavy atom. The number of hydrogen-bond donors (Lipinski definition) is 2. The SMILES string of the molecule is OCCN1CCC(Nc2nc3ccccc3n2Cc2ccc(F)cc2)C1. The predicted octanol–water partition coefficient (Wildman–Crippen LogP) is 2.70. The molecule has 136 valence electrons. The molecular weight excluding hydrogens is 331 g/mol. The van der Waals surface area contributed by atoms with Crippen LogP contribution in [0.1, 0.15) is 12.0 Å². The van der Waals surface area contributed by atoms with Crippen LogP contribution in [0, 0.1) is 5.82 Å². The van der Waals surface area contributed by atoms with Gasteiger partial charge in [0.2, 0.25) is 5.95 Å². The van der Waals surface area contributed by atoms with Gasteiger partial charge in [-0.25, -0.2) is 9.37 Å². The van der Waals surface area contributed by atoms with Gasteiger partial charge in [-0.1, -0.05) is 24.3 Å². The van der Waals surface area contributed by atoms with Crippen molar-refractivity contribution >= 4 is 17.0 Å². The first kappa shape index (κ1) is 17.0. The lowest BCUT2D eigenvalue weighted by Gasteiger charge is -2.17. The molecule has 0 spiro atoms. The fourth-order valence-electron chi connectivity index (χ4n) is 3.60. The number of β-amino-alcohol motifs (C(OH)–C–C–N with tert-alkyl or cyclic N) is 1. The number of imidazole rings is 1. The highest BCUT2D eigenvalue weighted by Gasteiger charge is 2.23. The molecule has 1 saturated heterocycles. The molecule has 1 unspecified atom stereocenters. The van der Waals surface area contributed by atoms with Crippen molar-refractivity contribution in [3.8, 4) is 0 Å². The number of anilines is 1. The third-order valence-electron chi connectivity index (χ3n) is 4.93. The number of nitrogens with zero attached hydrogens (tertiary/aromatic N) is 3. The maximum absolute atomic E-state index is 13.2. The maximum atomic E-state index is 13.2. The van der Waals surface area contributed by atoms with E-state index in [4.69, 9.17) is 10.1 Å². The average Bonchev–Trinajstić information content (AvgIpc) is 3.22. The Morgan fingerprint density at radius 2 is 1.96 bits per heavy atom. The van der Waals surface area contributed by atoms with E-state index in [0.717, 1.165) is 42.1 Å². The Morgan fingerprint density at radius 1 is 1.15 bits per heavy atom. The molecule has 0 amide bonds. The van der Waals surface area contributed by atoms with Crippen molar-refractivity contribution in [2.24, 2.45) is 0 Å². The van der Waals surface area contributed by atoms with E-state index in [1.807, 2.05) is 30.3 Å². The molecule has 1 aliphatic heterocycles. The average molecular weight is 354 g/mol. The zero-order valence-corrected chi connectivity index (χ0v) is 14.6. The molecule has 0 saturated carbocycles. The third kappa shape index (κ3) is 3.57. The number of likely N-dealkylation sites (tertiary alicyclic amines) is 1. The van der Waals surface area contributed by atoms with Crippen LogP contribution >= 0.6 is 0 Å². The fourth-order valence-corrected chi connectivity index (χ4v) is 3.60. The van der Waals surface area contributed by atoms with Crippen molar-refractivity contribution in [3.63, 3.8) is 0 Å². The van der Waals surface area contributed by atoms with E-state index < -0.39 is 0 Å². The van der Waals surface area contributed by atoms with Crippen LogP contribution in [-0.2, 0) is 6.54 Å². The molecule has 1 aromatic heterocycles. The standard InChI is InChI=1S/C20H23FN4O/c21-16-7-5-15(6-8-16)13-25-19-4-2-1-3-18(19)23-20(25)22-17-9-10-24(14-17)11-12-26/h1-8,17,26H,9-14H2,(H,22,23). The minimum absolute atomic E-state index is 0.190. The van der Waals surface area contributed by atoms with E-state index in [0.29, 0.717) is 19.1 Å². The summed E-state index contributed by atoms with van der Waals surface area (Å²) in [5.41, 5.74) is 3.04. The summed E-state index contributed by atoms with van der Waals surface area (Å²) in [7, 11) is 0. The number of halogens is 1. The predicted molar refractivity (Wildman–Crippen MR) is 101 cm³/mol. The Kier molecular flexibility index (Phi) is 4.86. The van der Waals surface area contributed by atoms with Crippen LogP contribution in [0.2, 0.25) is 0 Å². The monoisotopic (exact) mass is 354 g/mol. The first-order chi connectivity index (χ1) is 12.7. The number of benzene rings is 2. The lowest BCUT2D eigenvalue weighted by atomic mass is 10.2. The molecule has 2 aromatic carbocycles. The first-order valence-corrected chi connectivity index (χ1v) is 9.02. The first-order valence-electron chi connectivity index (χ1n) is 9.02. The van der Waals surface area contributed by atoms with Crippen LogP contribution in [0.4, 0.5) is 10.3 Å². The van der Waals surface area contributed by atoms with Crippen LogP contribution in [0.25, 0.3) is 11.0 Å². The van der Waals surface area contributed by atoms with Gasteiger partial charge in [0.15, 0.2) is 0 Å². The lowest BCUT2D eigenvalue weighted by molar-refractivity contribution is 0.221. The highest BCUT2D eigenvalue weighted by molar-refractivity contribution is 5.78. The summed E-state index contributed by atoms with van der Waals surface area (Å²) in [6.07, 6.45) is 1.03. The second kappa shape index (κ2) is 7.43. The maximum Gasteiger partial charge on any atom is 0.204 e. The molecule has 4 rings (SSSR count). The highest BCUT2D eigenvalue weighted by atomic mass is 19.1. The Labute approximate surface area is 152 Å². The number of fused-ring (bicyclic) bond motifs is 1. The lowest BCUT2D eigenvalue weighted by Crippen LogP contribution is -2.29. The van der Waals surface area contributed by atoms with Gasteiger partial charge in [-0.3, -0.25) is 4.90 Å². The number of aromatic nitrogens is 2. The number of aliphatic hydroxyl groups is 1. The van der Waals surface area contributed by atoms with E-state index in [2.05, 4.69) is 20.9 Å². The van der Waals surface area contributed by atoms with Gasteiger partial charge in [0.1, 0.15) is 5.82 Å². The van der Waals surface area contributed by atoms with E-state index in [-0.39, 0.29) is 12.4 Å². The van der Waals surface area contributed by atoms with Crippen molar-refractivity contribution in [3.05, 3.63) is 59.9 Å². The summed E-state index contributed by atoms with van der Waals surface area (Å²) in [6.45, 7) is 3.42. The number of para-hydroxylation sites is 2. The molecule has 0 aliphatic carbocycles. The van der Waals surface area contributed by atoms with Crippen LogP contribution in [0.15, 0.2) is 48.5 Å². The minimum atomic E-state index is -0.225. The number of aliphatic hydroxyl groups excluding tert-OH is 1. The molecule has 2 N–H and O–H groups in total. The van der Waals surface area contributed by atoms with E-state index >= 15 is 0 Å². The quantitative estimate of drug-likeness (QED) is 0.715. The second-order valence-electron chi connectivity index (χ2n) is 6.79. The van der Waals surface area contributed by atoms with Gasteiger partial charge in [0.05, 0.1) is 24.2 Å². The Hall–Kier alpha value is -2.44. The number of hydrogen-bond acceptors (Lipinski definition) is 4. The van der Waals surface area contributed by atoms with Gasteiger partial charge in [-0.05, 0) is 36.2 Å². The summed E-state index contributed by atoms with van der Waals surface area (Å²) in [5.74, 6) is 0.615. The van der Waals surface area contributed by atoms with E-state index in [1.165, 1.54) is 12.1 Å². The molecule has 26 heavy (non-hydrogen) atoms. The van der Waals surface area contributed by atoms with Crippen molar-refractivity contribution in [2.75, 3.05) is 31.6 Å². The number of rotatable bonds is 6. The molecule has 0 bridgehead atoms. The molecular formula is C20H23FN4O. The largest absolute Gasteiger partial charge is 0.395 e. The Balaban J connectivity index is 1.60. The van der Waals surface area contributed by atoms with Crippen LogP contribution in [0.5, 0.6) is 0 Å². The molecule has 0 radical (unpaired) electrons. The fraction of sp³-hybridized carbons (Fsp3) is 0.350. The topological polar surface area (TPSA) is 53.3 Å². The molecule has 1 aliphatic rings. The zero-order chi connectivity index (χ0) is 17.9. The summed E-state index contributed by atoms with van der Waals surface area (Å²) < 4.78 is 15.4. The van der Waals surface area contributed by atoms with Crippen LogP contribution < -0.4 is 5.32 Å². The molecule has 1 fully saturated rings. The van der Waals surface area contributed by atoms with Gasteiger partial charge < -0.3 is 15.0 Å². The number of nitrogens with one attached hydrogen (secondary N) is 1. The third-order valence-corrected chi connectivity index (χ3v) is 4.93. The highest BCUT2D eigenvalue weighted by Crippen LogP contribution is 2.23. The van der Waals surface area contributed by atoms with Crippen LogP contribution in [0.3, 0.4) is 0 Å². The normalized spacial score (nSPS) is 17.8. The van der Waals surface area contributed by atoms with Crippen molar-refractivity contribution < 1.29 is 9.50 Å².